The van der Waals surface area contributed by atoms with E-state index in [0.29, 0.717) is 16.1 Å². The van der Waals surface area contributed by atoms with Gasteiger partial charge >= 0.3 is 5.97 Å². The Hall–Kier alpha value is -2.07. The van der Waals surface area contributed by atoms with Crippen LogP contribution in [0.25, 0.3) is 11.0 Å². The standard InChI is InChI=1S/C15H12ClN3O4S2/c16-10-6-4-9(5-7-10)12(8-14(20)21)19-25(22,23)13-3-1-2-11-15(13)18-24-17-11/h1-7,12,19H,8H2,(H,20,21)/t12-/m1/s1. The lowest BCUT2D eigenvalue weighted by Crippen LogP contribution is -2.30. The molecule has 1 aromatic heterocycles. The molecular weight excluding hydrogens is 386 g/mol. The first-order valence-electron chi connectivity index (χ1n) is 7.08. The van der Waals surface area contributed by atoms with Crippen LogP contribution >= 0.6 is 23.3 Å². The number of halogens is 1. The molecule has 0 fully saturated rings. The number of hydrogen-bond donors (Lipinski definition) is 2. The minimum absolute atomic E-state index is 0.0388. The van der Waals surface area contributed by atoms with Gasteiger partial charge in [-0.05, 0) is 29.8 Å². The first-order chi connectivity index (χ1) is 11.9. The third kappa shape index (κ3) is 3.96. The van der Waals surface area contributed by atoms with Crippen LogP contribution in [0, 0.1) is 0 Å². The van der Waals surface area contributed by atoms with Crippen LogP contribution in [-0.2, 0) is 14.8 Å². The summed E-state index contributed by atoms with van der Waals surface area (Å²) in [5, 5.41) is 9.60. The molecule has 25 heavy (non-hydrogen) atoms. The number of carboxylic acids is 1. The van der Waals surface area contributed by atoms with Gasteiger partial charge in [-0.3, -0.25) is 4.79 Å². The molecule has 0 amide bonds. The molecule has 2 N–H and O–H groups in total. The van der Waals surface area contributed by atoms with E-state index in [-0.39, 0.29) is 10.4 Å². The number of aliphatic carboxylic acids is 1. The number of fused-ring (bicyclic) bond motifs is 1. The summed E-state index contributed by atoms with van der Waals surface area (Å²) in [6.45, 7) is 0. The van der Waals surface area contributed by atoms with Crippen LogP contribution in [0.3, 0.4) is 0 Å². The van der Waals surface area contributed by atoms with Gasteiger partial charge in [0.05, 0.1) is 24.2 Å². The molecule has 130 valence electrons. The monoisotopic (exact) mass is 397 g/mol. The highest BCUT2D eigenvalue weighted by atomic mass is 35.5. The van der Waals surface area contributed by atoms with Crippen LogP contribution in [0.5, 0.6) is 0 Å². The molecule has 0 aliphatic heterocycles. The number of benzene rings is 2. The third-order valence-corrected chi connectivity index (χ3v) is 5.78. The number of nitrogens with zero attached hydrogens (tertiary/aromatic N) is 2. The van der Waals surface area contributed by atoms with Crippen LogP contribution in [0.15, 0.2) is 47.4 Å². The average molecular weight is 398 g/mol. The number of aromatic nitrogens is 2. The summed E-state index contributed by atoms with van der Waals surface area (Å²) < 4.78 is 36.0. The molecule has 3 rings (SSSR count). The maximum Gasteiger partial charge on any atom is 0.305 e. The first-order valence-corrected chi connectivity index (χ1v) is 9.67. The Balaban J connectivity index is 1.99. The molecule has 0 aliphatic rings. The zero-order valence-electron chi connectivity index (χ0n) is 12.6. The summed E-state index contributed by atoms with van der Waals surface area (Å²) in [4.78, 5) is 11.1. The van der Waals surface area contributed by atoms with Crippen molar-refractivity contribution in [3.8, 4) is 0 Å². The molecule has 3 aromatic rings. The van der Waals surface area contributed by atoms with Crippen LogP contribution in [0.4, 0.5) is 0 Å². The maximum atomic E-state index is 12.8. The number of hydrogen-bond acceptors (Lipinski definition) is 6. The third-order valence-electron chi connectivity index (χ3n) is 3.49. The van der Waals surface area contributed by atoms with Gasteiger partial charge in [0.1, 0.15) is 15.9 Å². The van der Waals surface area contributed by atoms with Crippen LogP contribution < -0.4 is 4.72 Å². The molecule has 0 radical (unpaired) electrons. The Labute approximate surface area is 152 Å². The van der Waals surface area contributed by atoms with E-state index in [4.69, 9.17) is 16.7 Å². The van der Waals surface area contributed by atoms with E-state index in [2.05, 4.69) is 13.5 Å². The minimum Gasteiger partial charge on any atom is -0.481 e. The second-order valence-electron chi connectivity index (χ2n) is 5.21. The maximum absolute atomic E-state index is 12.8. The van der Waals surface area contributed by atoms with E-state index in [1.165, 1.54) is 6.07 Å². The van der Waals surface area contributed by atoms with E-state index in [9.17, 15) is 13.2 Å². The van der Waals surface area contributed by atoms with Crippen LogP contribution in [0.1, 0.15) is 18.0 Å². The molecular formula is C15H12ClN3O4S2. The summed E-state index contributed by atoms with van der Waals surface area (Å²) in [6, 6.07) is 10.0. The largest absolute Gasteiger partial charge is 0.481 e. The lowest BCUT2D eigenvalue weighted by molar-refractivity contribution is -0.137. The van der Waals surface area contributed by atoms with Gasteiger partial charge in [-0.2, -0.15) is 8.75 Å². The van der Waals surface area contributed by atoms with Crippen molar-refractivity contribution in [2.75, 3.05) is 0 Å². The molecule has 0 aliphatic carbocycles. The predicted octanol–water partition coefficient (Wildman–Crippen LogP) is 2.84. The Bertz CT molecular complexity index is 1020. The van der Waals surface area contributed by atoms with Gasteiger partial charge < -0.3 is 5.11 Å². The van der Waals surface area contributed by atoms with E-state index in [1.807, 2.05) is 0 Å². The SMILES string of the molecule is O=C(O)C[C@@H](NS(=O)(=O)c1cccc2nsnc12)c1ccc(Cl)cc1. The van der Waals surface area contributed by atoms with Gasteiger partial charge in [0.15, 0.2) is 0 Å². The molecule has 1 atom stereocenters. The fourth-order valence-electron chi connectivity index (χ4n) is 2.35. The van der Waals surface area contributed by atoms with Crippen molar-refractivity contribution in [1.29, 1.82) is 0 Å². The summed E-state index contributed by atoms with van der Waals surface area (Å²) in [5.41, 5.74) is 1.22. The van der Waals surface area contributed by atoms with Crippen molar-refractivity contribution in [2.24, 2.45) is 0 Å². The van der Waals surface area contributed by atoms with Crippen molar-refractivity contribution < 1.29 is 18.3 Å². The Kier molecular flexibility index (Phi) is 5.00. The smallest absolute Gasteiger partial charge is 0.305 e. The normalized spacial score (nSPS) is 13.0. The van der Waals surface area contributed by atoms with Crippen molar-refractivity contribution in [1.82, 2.24) is 13.5 Å². The quantitative estimate of drug-likeness (QED) is 0.661. The highest BCUT2D eigenvalue weighted by molar-refractivity contribution is 7.89. The van der Waals surface area contributed by atoms with E-state index >= 15 is 0 Å². The van der Waals surface area contributed by atoms with Crippen molar-refractivity contribution in [3.05, 3.63) is 53.1 Å². The van der Waals surface area contributed by atoms with E-state index in [1.54, 1.807) is 36.4 Å². The van der Waals surface area contributed by atoms with E-state index < -0.39 is 28.5 Å². The number of nitrogens with one attached hydrogen (secondary N) is 1. The molecule has 7 nitrogen and oxygen atoms in total. The fourth-order valence-corrected chi connectivity index (χ4v) is 4.46. The van der Waals surface area contributed by atoms with Crippen LogP contribution in [0.2, 0.25) is 5.02 Å². The molecule has 0 spiro atoms. The highest BCUT2D eigenvalue weighted by Crippen LogP contribution is 2.25. The number of rotatable bonds is 6. The molecule has 0 bridgehead atoms. The summed E-state index contributed by atoms with van der Waals surface area (Å²) >= 11 is 6.74. The highest BCUT2D eigenvalue weighted by Gasteiger charge is 2.26. The fraction of sp³-hybridized carbons (Fsp3) is 0.133. The van der Waals surface area contributed by atoms with Crippen molar-refractivity contribution in [3.63, 3.8) is 0 Å². The Morgan fingerprint density at radius 1 is 1.20 bits per heavy atom. The zero-order valence-corrected chi connectivity index (χ0v) is 15.0. The minimum atomic E-state index is -4.00. The van der Waals surface area contributed by atoms with Crippen molar-refractivity contribution >= 4 is 50.4 Å². The summed E-state index contributed by atoms with van der Waals surface area (Å²) in [5.74, 6) is -1.13. The van der Waals surface area contributed by atoms with Gasteiger partial charge in [0.25, 0.3) is 0 Å². The summed E-state index contributed by atoms with van der Waals surface area (Å²) in [6.07, 6.45) is -0.411. The predicted molar refractivity (Wildman–Crippen MR) is 94.2 cm³/mol. The van der Waals surface area contributed by atoms with Gasteiger partial charge in [0.2, 0.25) is 10.0 Å². The zero-order chi connectivity index (χ0) is 18.0. The molecule has 0 unspecified atom stereocenters. The van der Waals surface area contributed by atoms with Gasteiger partial charge in [0, 0.05) is 5.02 Å². The van der Waals surface area contributed by atoms with Gasteiger partial charge in [-0.25, -0.2) is 13.1 Å². The molecule has 0 saturated carbocycles. The average Bonchev–Trinajstić information content (AvgIpc) is 3.02. The first kappa shape index (κ1) is 17.7. The molecule has 1 heterocycles. The molecule has 2 aromatic carbocycles. The van der Waals surface area contributed by atoms with Crippen molar-refractivity contribution in [2.45, 2.75) is 17.4 Å². The van der Waals surface area contributed by atoms with Crippen LogP contribution in [-0.4, -0.2) is 28.2 Å². The lowest BCUT2D eigenvalue weighted by atomic mass is 10.1. The number of carbonyl (C=O) groups is 1. The topological polar surface area (TPSA) is 109 Å². The van der Waals surface area contributed by atoms with Gasteiger partial charge in [-0.1, -0.05) is 29.8 Å². The summed E-state index contributed by atoms with van der Waals surface area (Å²) in [7, 11) is -4.00. The Morgan fingerprint density at radius 2 is 1.92 bits per heavy atom. The molecule has 0 saturated heterocycles. The van der Waals surface area contributed by atoms with E-state index in [0.717, 1.165) is 11.7 Å². The molecule has 10 heteroatoms. The van der Waals surface area contributed by atoms with Gasteiger partial charge in [-0.15, -0.1) is 0 Å². The lowest BCUT2D eigenvalue weighted by Gasteiger charge is -2.18. The number of carboxylic acid groups (broad SMARTS) is 1. The second-order valence-corrected chi connectivity index (χ2v) is 7.86. The Morgan fingerprint density at radius 3 is 2.60 bits per heavy atom. The second kappa shape index (κ2) is 7.04. The number of sulfonamides is 1.